The molecule has 0 radical (unpaired) electrons. The van der Waals surface area contributed by atoms with E-state index >= 15 is 0 Å². The summed E-state index contributed by atoms with van der Waals surface area (Å²) < 4.78 is 5.40. The lowest BCUT2D eigenvalue weighted by molar-refractivity contribution is -0.129. The van der Waals surface area contributed by atoms with Crippen molar-refractivity contribution in [1.29, 1.82) is 0 Å². The van der Waals surface area contributed by atoms with Gasteiger partial charge in [0.2, 0.25) is 11.9 Å². The van der Waals surface area contributed by atoms with Crippen molar-refractivity contribution < 1.29 is 9.53 Å². The Bertz CT molecular complexity index is 619. The van der Waals surface area contributed by atoms with Gasteiger partial charge in [-0.05, 0) is 6.42 Å². The van der Waals surface area contributed by atoms with E-state index in [1.54, 1.807) is 19.0 Å². The Morgan fingerprint density at radius 2 is 1.88 bits per heavy atom. The Labute approximate surface area is 154 Å². The first-order chi connectivity index (χ1) is 12.5. The van der Waals surface area contributed by atoms with Crippen LogP contribution >= 0.6 is 0 Å². The van der Waals surface area contributed by atoms with Gasteiger partial charge in [0.05, 0.1) is 19.8 Å². The average Bonchev–Trinajstić information content (AvgIpc) is 2.87. The van der Waals surface area contributed by atoms with E-state index in [0.29, 0.717) is 31.5 Å². The molecule has 2 saturated heterocycles. The van der Waals surface area contributed by atoms with Gasteiger partial charge in [-0.25, -0.2) is 0 Å². The third-order valence-corrected chi connectivity index (χ3v) is 4.78. The van der Waals surface area contributed by atoms with Gasteiger partial charge in [0.1, 0.15) is 11.6 Å². The predicted octanol–water partition coefficient (Wildman–Crippen LogP) is -0.504. The van der Waals surface area contributed by atoms with Crippen molar-refractivity contribution in [3.05, 3.63) is 6.07 Å². The highest BCUT2D eigenvalue weighted by molar-refractivity contribution is 5.77. The van der Waals surface area contributed by atoms with Gasteiger partial charge < -0.3 is 25.2 Å². The molecular weight excluding hydrogens is 334 g/mol. The van der Waals surface area contributed by atoms with Gasteiger partial charge in [0, 0.05) is 59.4 Å². The van der Waals surface area contributed by atoms with Crippen molar-refractivity contribution in [2.75, 3.05) is 88.7 Å². The Kier molecular flexibility index (Phi) is 6.10. The normalized spacial score (nSPS) is 19.3. The van der Waals surface area contributed by atoms with Gasteiger partial charge in [-0.15, -0.1) is 0 Å². The monoisotopic (exact) mass is 363 g/mol. The van der Waals surface area contributed by atoms with Gasteiger partial charge in [-0.3, -0.25) is 9.69 Å². The van der Waals surface area contributed by atoms with Gasteiger partial charge in [0.15, 0.2) is 0 Å². The molecule has 26 heavy (non-hydrogen) atoms. The zero-order valence-corrected chi connectivity index (χ0v) is 15.7. The van der Waals surface area contributed by atoms with Crippen molar-refractivity contribution >= 4 is 23.5 Å². The van der Waals surface area contributed by atoms with Crippen molar-refractivity contribution in [2.45, 2.75) is 6.42 Å². The van der Waals surface area contributed by atoms with Crippen LogP contribution in [-0.4, -0.2) is 98.8 Å². The molecule has 3 rings (SSSR count). The van der Waals surface area contributed by atoms with E-state index in [1.807, 2.05) is 6.07 Å². The van der Waals surface area contributed by atoms with Crippen LogP contribution in [0.5, 0.6) is 0 Å². The summed E-state index contributed by atoms with van der Waals surface area (Å²) in [5, 5.41) is 0. The van der Waals surface area contributed by atoms with Crippen LogP contribution in [0.25, 0.3) is 0 Å². The molecule has 0 unspecified atom stereocenters. The molecule has 1 amide bonds. The molecule has 0 aliphatic carbocycles. The van der Waals surface area contributed by atoms with E-state index in [2.05, 4.69) is 19.7 Å². The molecule has 2 fully saturated rings. The number of rotatable bonds is 4. The lowest BCUT2D eigenvalue weighted by atomic mass is 10.3. The molecule has 3 heterocycles. The number of nitrogens with two attached hydrogens (primary N) is 1. The predicted molar refractivity (Wildman–Crippen MR) is 101 cm³/mol. The number of amides is 1. The van der Waals surface area contributed by atoms with Crippen LogP contribution in [0.2, 0.25) is 0 Å². The van der Waals surface area contributed by atoms with Crippen molar-refractivity contribution in [1.82, 2.24) is 19.8 Å². The quantitative estimate of drug-likeness (QED) is 0.765. The summed E-state index contributed by atoms with van der Waals surface area (Å²) in [6, 6.07) is 1.84. The molecule has 1 aromatic rings. The zero-order valence-electron chi connectivity index (χ0n) is 15.7. The number of carbonyl (C=O) groups is 1. The molecule has 0 spiro atoms. The zero-order chi connectivity index (χ0) is 18.5. The third kappa shape index (κ3) is 4.73. The molecule has 9 nitrogen and oxygen atoms in total. The molecule has 0 aromatic carbocycles. The van der Waals surface area contributed by atoms with Crippen LogP contribution in [0.4, 0.5) is 17.6 Å². The first kappa shape index (κ1) is 18.7. The summed E-state index contributed by atoms with van der Waals surface area (Å²) in [7, 11) is 3.59. The lowest BCUT2D eigenvalue weighted by Crippen LogP contribution is -2.39. The molecular formula is C17H29N7O2. The summed E-state index contributed by atoms with van der Waals surface area (Å²) in [5.74, 6) is 2.16. The standard InChI is InChI=1S/C17H29N7O2/c1-21(2)16(25)13-22-4-3-5-23(7-6-22)15-12-14(18)19-17(20-15)24-8-10-26-11-9-24/h12H,3-11,13H2,1-2H3,(H2,18,19,20). The molecule has 1 aromatic heterocycles. The first-order valence-electron chi connectivity index (χ1n) is 9.17. The SMILES string of the molecule is CN(C)C(=O)CN1CCCN(c2cc(N)nc(N3CCOCC3)n2)CC1. The number of likely N-dealkylation sites (N-methyl/N-ethyl adjacent to an activating group) is 1. The van der Waals surface area contributed by atoms with E-state index in [1.165, 1.54) is 0 Å². The van der Waals surface area contributed by atoms with Crippen molar-refractivity contribution in [3.8, 4) is 0 Å². The Hall–Kier alpha value is -2.13. The fourth-order valence-electron chi connectivity index (χ4n) is 3.20. The minimum absolute atomic E-state index is 0.138. The second-order valence-corrected chi connectivity index (χ2v) is 6.96. The minimum Gasteiger partial charge on any atom is -0.383 e. The van der Waals surface area contributed by atoms with E-state index in [-0.39, 0.29) is 5.91 Å². The summed E-state index contributed by atoms with van der Waals surface area (Å²) in [5.41, 5.74) is 6.04. The highest BCUT2D eigenvalue weighted by Gasteiger charge is 2.21. The van der Waals surface area contributed by atoms with Gasteiger partial charge in [-0.2, -0.15) is 9.97 Å². The number of anilines is 3. The smallest absolute Gasteiger partial charge is 0.236 e. The maximum Gasteiger partial charge on any atom is 0.236 e. The highest BCUT2D eigenvalue weighted by atomic mass is 16.5. The third-order valence-electron chi connectivity index (χ3n) is 4.78. The average molecular weight is 363 g/mol. The number of ether oxygens (including phenoxy) is 1. The van der Waals surface area contributed by atoms with E-state index in [9.17, 15) is 4.79 Å². The first-order valence-corrected chi connectivity index (χ1v) is 9.17. The molecule has 2 aliphatic rings. The highest BCUT2D eigenvalue weighted by Crippen LogP contribution is 2.21. The fourth-order valence-corrected chi connectivity index (χ4v) is 3.20. The Balaban J connectivity index is 1.67. The number of hydrogen-bond acceptors (Lipinski definition) is 8. The largest absolute Gasteiger partial charge is 0.383 e. The van der Waals surface area contributed by atoms with Crippen molar-refractivity contribution in [2.24, 2.45) is 0 Å². The molecule has 2 N–H and O–H groups in total. The van der Waals surface area contributed by atoms with Crippen LogP contribution in [0.15, 0.2) is 6.07 Å². The number of nitrogens with zero attached hydrogens (tertiary/aromatic N) is 6. The second kappa shape index (κ2) is 8.50. The van der Waals surface area contributed by atoms with E-state index < -0.39 is 0 Å². The van der Waals surface area contributed by atoms with E-state index in [0.717, 1.165) is 51.5 Å². The number of aromatic nitrogens is 2. The molecule has 0 atom stereocenters. The summed E-state index contributed by atoms with van der Waals surface area (Å²) in [6.07, 6.45) is 0.984. The summed E-state index contributed by atoms with van der Waals surface area (Å²) in [6.45, 7) is 6.85. The number of morpholine rings is 1. The lowest BCUT2D eigenvalue weighted by Gasteiger charge is -2.28. The Morgan fingerprint density at radius 3 is 2.62 bits per heavy atom. The topological polar surface area (TPSA) is 91.1 Å². The molecule has 2 aliphatic heterocycles. The van der Waals surface area contributed by atoms with Crippen molar-refractivity contribution in [3.63, 3.8) is 0 Å². The second-order valence-electron chi connectivity index (χ2n) is 6.96. The maximum atomic E-state index is 12.0. The molecule has 0 saturated carbocycles. The number of hydrogen-bond donors (Lipinski definition) is 1. The van der Waals surface area contributed by atoms with Gasteiger partial charge >= 0.3 is 0 Å². The number of carbonyl (C=O) groups excluding carboxylic acids is 1. The molecule has 0 bridgehead atoms. The summed E-state index contributed by atoms with van der Waals surface area (Å²) in [4.78, 5) is 29.3. The van der Waals surface area contributed by atoms with Crippen LogP contribution in [0.1, 0.15) is 6.42 Å². The fraction of sp³-hybridized carbons (Fsp3) is 0.706. The van der Waals surface area contributed by atoms with Crippen LogP contribution in [0, 0.1) is 0 Å². The van der Waals surface area contributed by atoms with Gasteiger partial charge in [-0.1, -0.05) is 0 Å². The molecule has 144 valence electrons. The van der Waals surface area contributed by atoms with Gasteiger partial charge in [0.25, 0.3) is 0 Å². The number of nitrogen functional groups attached to an aromatic ring is 1. The van der Waals surface area contributed by atoms with Crippen LogP contribution in [0.3, 0.4) is 0 Å². The minimum atomic E-state index is 0.138. The summed E-state index contributed by atoms with van der Waals surface area (Å²) >= 11 is 0. The molecule has 9 heteroatoms. The van der Waals surface area contributed by atoms with Crippen LogP contribution < -0.4 is 15.5 Å². The van der Waals surface area contributed by atoms with Crippen LogP contribution in [-0.2, 0) is 9.53 Å². The maximum absolute atomic E-state index is 12.0. The Morgan fingerprint density at radius 1 is 1.12 bits per heavy atom. The van der Waals surface area contributed by atoms with E-state index in [4.69, 9.17) is 15.5 Å².